The van der Waals surface area contributed by atoms with Gasteiger partial charge in [-0.15, -0.1) is 0 Å². The van der Waals surface area contributed by atoms with Crippen LogP contribution < -0.4 is 9.47 Å². The monoisotopic (exact) mass is 337 g/mol. The van der Waals surface area contributed by atoms with Crippen LogP contribution >= 0.6 is 0 Å². The van der Waals surface area contributed by atoms with Gasteiger partial charge in [0.15, 0.2) is 0 Å². The number of carbonyl (C=O) groups excluding carboxylic acids is 1. The maximum Gasteiger partial charge on any atom is 0.315 e. The minimum absolute atomic E-state index is 0.192. The highest BCUT2D eigenvalue weighted by Gasteiger charge is 2.15. The average molecular weight is 337 g/mol. The molecule has 0 unspecified atom stereocenters. The van der Waals surface area contributed by atoms with E-state index in [1.165, 1.54) is 0 Å². The molecule has 0 aliphatic carbocycles. The molecule has 0 aliphatic rings. The summed E-state index contributed by atoms with van der Waals surface area (Å²) in [5.41, 5.74) is 2.72. The Bertz CT molecular complexity index is 871. The molecule has 0 bridgehead atoms. The van der Waals surface area contributed by atoms with E-state index < -0.39 is 0 Å². The van der Waals surface area contributed by atoms with Gasteiger partial charge in [-0.05, 0) is 44.2 Å². The summed E-state index contributed by atoms with van der Waals surface area (Å²) in [7, 11) is 1.86. The second-order valence-electron chi connectivity index (χ2n) is 5.67. The first-order chi connectivity index (χ1) is 12.0. The number of pyridine rings is 1. The number of ether oxygens (including phenoxy) is 2. The van der Waals surface area contributed by atoms with Gasteiger partial charge in [0, 0.05) is 30.6 Å². The zero-order chi connectivity index (χ0) is 17.8. The standard InChI is InChI=1S/C19H19N3O3/c1-13-17(14(2)22(3)21-13)12-19(23)25-16-9-7-15(8-10-16)24-18-6-4-5-11-20-18/h4-11H,12H2,1-3H3. The summed E-state index contributed by atoms with van der Waals surface area (Å²) < 4.78 is 12.8. The van der Waals surface area contributed by atoms with E-state index in [1.807, 2.05) is 33.0 Å². The molecule has 3 rings (SSSR count). The summed E-state index contributed by atoms with van der Waals surface area (Å²) >= 11 is 0. The highest BCUT2D eigenvalue weighted by atomic mass is 16.5. The van der Waals surface area contributed by atoms with Crippen LogP contribution in [-0.2, 0) is 18.3 Å². The van der Waals surface area contributed by atoms with E-state index in [-0.39, 0.29) is 12.4 Å². The van der Waals surface area contributed by atoms with Crippen LogP contribution in [0.15, 0.2) is 48.7 Å². The van der Waals surface area contributed by atoms with Gasteiger partial charge in [-0.1, -0.05) is 6.07 Å². The number of nitrogens with zero attached hydrogens (tertiary/aromatic N) is 3. The molecule has 6 heteroatoms. The van der Waals surface area contributed by atoms with Crippen molar-refractivity contribution >= 4 is 5.97 Å². The fraction of sp³-hybridized carbons (Fsp3) is 0.211. The number of esters is 1. The smallest absolute Gasteiger partial charge is 0.315 e. The van der Waals surface area contributed by atoms with E-state index in [0.717, 1.165) is 17.0 Å². The van der Waals surface area contributed by atoms with E-state index >= 15 is 0 Å². The van der Waals surface area contributed by atoms with Crippen LogP contribution in [0.5, 0.6) is 17.4 Å². The van der Waals surface area contributed by atoms with Crippen molar-refractivity contribution in [3.8, 4) is 17.4 Å². The molecule has 2 heterocycles. The van der Waals surface area contributed by atoms with Crippen molar-refractivity contribution in [3.63, 3.8) is 0 Å². The first-order valence-corrected chi connectivity index (χ1v) is 7.91. The second kappa shape index (κ2) is 7.17. The lowest BCUT2D eigenvalue weighted by Crippen LogP contribution is -2.12. The molecule has 3 aromatic rings. The van der Waals surface area contributed by atoms with E-state index in [2.05, 4.69) is 10.1 Å². The Labute approximate surface area is 146 Å². The summed E-state index contributed by atoms with van der Waals surface area (Å²) in [5.74, 6) is 1.28. The van der Waals surface area contributed by atoms with Gasteiger partial charge in [0.1, 0.15) is 11.5 Å². The number of aromatic nitrogens is 3. The van der Waals surface area contributed by atoms with Crippen LogP contribution in [0, 0.1) is 13.8 Å². The summed E-state index contributed by atoms with van der Waals surface area (Å²) in [6.07, 6.45) is 1.85. The van der Waals surface area contributed by atoms with Crippen molar-refractivity contribution in [2.45, 2.75) is 20.3 Å². The molecule has 6 nitrogen and oxygen atoms in total. The van der Waals surface area contributed by atoms with E-state index in [0.29, 0.717) is 17.4 Å². The minimum atomic E-state index is -0.322. The molecule has 25 heavy (non-hydrogen) atoms. The largest absolute Gasteiger partial charge is 0.439 e. The fourth-order valence-electron chi connectivity index (χ4n) is 2.49. The van der Waals surface area contributed by atoms with Crippen LogP contribution in [0.4, 0.5) is 0 Å². The number of hydrogen-bond donors (Lipinski definition) is 0. The summed E-state index contributed by atoms with van der Waals surface area (Å²) in [6.45, 7) is 3.83. The Morgan fingerprint density at radius 1 is 1.08 bits per heavy atom. The Balaban J connectivity index is 1.62. The molecular weight excluding hydrogens is 318 g/mol. The molecule has 128 valence electrons. The van der Waals surface area contributed by atoms with Gasteiger partial charge < -0.3 is 9.47 Å². The third-order valence-electron chi connectivity index (χ3n) is 3.90. The van der Waals surface area contributed by atoms with Crippen LogP contribution in [0.25, 0.3) is 0 Å². The molecule has 0 aliphatic heterocycles. The lowest BCUT2D eigenvalue weighted by Gasteiger charge is -2.07. The van der Waals surface area contributed by atoms with Crippen molar-refractivity contribution in [2.75, 3.05) is 0 Å². The van der Waals surface area contributed by atoms with Crippen LogP contribution in [0.3, 0.4) is 0 Å². The van der Waals surface area contributed by atoms with Gasteiger partial charge in [-0.3, -0.25) is 9.48 Å². The normalized spacial score (nSPS) is 10.5. The average Bonchev–Trinajstić information content (AvgIpc) is 2.84. The van der Waals surface area contributed by atoms with E-state index in [1.54, 1.807) is 41.2 Å². The van der Waals surface area contributed by atoms with E-state index in [4.69, 9.17) is 9.47 Å². The predicted octanol–water partition coefficient (Wildman–Crippen LogP) is 3.37. The summed E-state index contributed by atoms with van der Waals surface area (Å²) in [5, 5.41) is 4.31. The maximum atomic E-state index is 12.2. The first-order valence-electron chi connectivity index (χ1n) is 7.91. The lowest BCUT2D eigenvalue weighted by molar-refractivity contribution is -0.133. The molecular formula is C19H19N3O3. The third kappa shape index (κ3) is 4.03. The highest BCUT2D eigenvalue weighted by Crippen LogP contribution is 2.22. The molecule has 0 radical (unpaired) electrons. The highest BCUT2D eigenvalue weighted by molar-refractivity contribution is 5.75. The minimum Gasteiger partial charge on any atom is -0.439 e. The Morgan fingerprint density at radius 2 is 1.80 bits per heavy atom. The van der Waals surface area contributed by atoms with Gasteiger partial charge in [0.25, 0.3) is 0 Å². The number of carbonyl (C=O) groups is 1. The molecule has 0 saturated heterocycles. The van der Waals surface area contributed by atoms with Gasteiger partial charge in [-0.2, -0.15) is 5.10 Å². The van der Waals surface area contributed by atoms with Crippen molar-refractivity contribution in [1.29, 1.82) is 0 Å². The fourth-order valence-corrected chi connectivity index (χ4v) is 2.49. The number of rotatable bonds is 5. The Kier molecular flexibility index (Phi) is 4.79. The van der Waals surface area contributed by atoms with Crippen molar-refractivity contribution in [2.24, 2.45) is 7.05 Å². The molecule has 0 saturated carbocycles. The molecule has 0 amide bonds. The first kappa shape index (κ1) is 16.7. The number of benzene rings is 1. The Morgan fingerprint density at radius 3 is 2.40 bits per heavy atom. The van der Waals surface area contributed by atoms with Crippen LogP contribution in [0.2, 0.25) is 0 Å². The van der Waals surface area contributed by atoms with Crippen LogP contribution in [-0.4, -0.2) is 20.7 Å². The van der Waals surface area contributed by atoms with Crippen molar-refractivity contribution in [1.82, 2.24) is 14.8 Å². The van der Waals surface area contributed by atoms with Gasteiger partial charge >= 0.3 is 5.97 Å². The maximum absolute atomic E-state index is 12.2. The second-order valence-corrected chi connectivity index (χ2v) is 5.67. The van der Waals surface area contributed by atoms with Gasteiger partial charge in [0.05, 0.1) is 12.1 Å². The quantitative estimate of drug-likeness (QED) is 0.527. The third-order valence-corrected chi connectivity index (χ3v) is 3.90. The molecule has 0 atom stereocenters. The lowest BCUT2D eigenvalue weighted by atomic mass is 10.1. The Hall–Kier alpha value is -3.15. The molecule has 0 fully saturated rings. The SMILES string of the molecule is Cc1nn(C)c(C)c1CC(=O)Oc1ccc(Oc2ccccn2)cc1. The molecule has 0 spiro atoms. The molecule has 2 aromatic heterocycles. The van der Waals surface area contributed by atoms with Crippen LogP contribution in [0.1, 0.15) is 17.0 Å². The van der Waals surface area contributed by atoms with Gasteiger partial charge in [-0.25, -0.2) is 4.98 Å². The van der Waals surface area contributed by atoms with Gasteiger partial charge in [0.2, 0.25) is 5.88 Å². The van der Waals surface area contributed by atoms with Crippen molar-refractivity contribution in [3.05, 3.63) is 65.6 Å². The summed E-state index contributed by atoms with van der Waals surface area (Å²) in [4.78, 5) is 16.3. The number of aryl methyl sites for hydroxylation is 2. The topological polar surface area (TPSA) is 66.2 Å². The summed E-state index contributed by atoms with van der Waals surface area (Å²) in [6, 6.07) is 12.3. The van der Waals surface area contributed by atoms with E-state index in [9.17, 15) is 4.79 Å². The molecule has 1 aromatic carbocycles. The van der Waals surface area contributed by atoms with Crippen molar-refractivity contribution < 1.29 is 14.3 Å². The zero-order valence-corrected chi connectivity index (χ0v) is 14.4. The predicted molar refractivity (Wildman–Crippen MR) is 92.8 cm³/mol. The molecule has 0 N–H and O–H groups in total. The zero-order valence-electron chi connectivity index (χ0n) is 14.4. The number of hydrogen-bond acceptors (Lipinski definition) is 5.